The normalized spacial score (nSPS) is 12.2. The number of rotatable bonds is 3. The molecule has 0 aliphatic carbocycles. The first kappa shape index (κ1) is 14.7. The van der Waals surface area contributed by atoms with Crippen LogP contribution in [0.15, 0.2) is 29.2 Å². The van der Waals surface area contributed by atoms with Crippen LogP contribution in [-0.4, -0.2) is 14.3 Å². The minimum atomic E-state index is -3.73. The smallest absolute Gasteiger partial charge is 0.264 e. The van der Waals surface area contributed by atoms with Crippen LogP contribution >= 0.6 is 0 Å². The number of carbonyl (C=O) groups is 1. The summed E-state index contributed by atoms with van der Waals surface area (Å²) in [5.74, 6) is -0.505. The SMILES string of the molecule is CCC(=O)NS(=O)(=O)c1ccc(C(C)(C)C)cc1. The number of benzene rings is 1. The van der Waals surface area contributed by atoms with Gasteiger partial charge in [0.15, 0.2) is 0 Å². The van der Waals surface area contributed by atoms with Crippen LogP contribution in [0.25, 0.3) is 0 Å². The molecule has 0 saturated carbocycles. The maximum Gasteiger partial charge on any atom is 0.264 e. The Bertz CT molecular complexity index is 524. The van der Waals surface area contributed by atoms with Gasteiger partial charge in [-0.1, -0.05) is 39.8 Å². The molecule has 0 aliphatic heterocycles. The topological polar surface area (TPSA) is 63.2 Å². The second-order valence-electron chi connectivity index (χ2n) is 5.16. The second kappa shape index (κ2) is 5.10. The predicted octanol–water partition coefficient (Wildman–Crippen LogP) is 2.20. The molecular weight excluding hydrogens is 250 g/mol. The van der Waals surface area contributed by atoms with Crippen molar-refractivity contribution in [1.82, 2.24) is 4.72 Å². The van der Waals surface area contributed by atoms with Gasteiger partial charge >= 0.3 is 0 Å². The number of hydrogen-bond acceptors (Lipinski definition) is 3. The molecule has 0 heterocycles. The van der Waals surface area contributed by atoms with Crippen molar-refractivity contribution in [2.45, 2.75) is 44.4 Å². The van der Waals surface area contributed by atoms with Crippen molar-refractivity contribution in [3.05, 3.63) is 29.8 Å². The van der Waals surface area contributed by atoms with E-state index in [0.717, 1.165) is 5.56 Å². The van der Waals surface area contributed by atoms with Crippen molar-refractivity contribution < 1.29 is 13.2 Å². The van der Waals surface area contributed by atoms with Gasteiger partial charge in [-0.25, -0.2) is 13.1 Å². The van der Waals surface area contributed by atoms with E-state index >= 15 is 0 Å². The molecule has 4 nitrogen and oxygen atoms in total. The fraction of sp³-hybridized carbons (Fsp3) is 0.462. The highest BCUT2D eigenvalue weighted by Gasteiger charge is 2.18. The highest BCUT2D eigenvalue weighted by atomic mass is 32.2. The van der Waals surface area contributed by atoms with Gasteiger partial charge in [0.2, 0.25) is 5.91 Å². The first-order chi connectivity index (χ1) is 8.16. The first-order valence-corrected chi connectivity index (χ1v) is 7.31. The fourth-order valence-electron chi connectivity index (χ4n) is 1.42. The van der Waals surface area contributed by atoms with Gasteiger partial charge in [0, 0.05) is 6.42 Å². The molecule has 0 unspecified atom stereocenters. The molecule has 0 saturated heterocycles. The highest BCUT2D eigenvalue weighted by molar-refractivity contribution is 7.90. The summed E-state index contributed by atoms with van der Waals surface area (Å²) in [5, 5.41) is 0. The standard InChI is InChI=1S/C13H19NO3S/c1-5-12(15)14-18(16,17)11-8-6-10(7-9-11)13(2,3)4/h6-9H,5H2,1-4H3,(H,14,15). The van der Waals surface area contributed by atoms with E-state index in [-0.39, 0.29) is 16.7 Å². The number of carbonyl (C=O) groups excluding carboxylic acids is 1. The molecule has 0 bridgehead atoms. The molecule has 0 radical (unpaired) electrons. The van der Waals surface area contributed by atoms with Gasteiger partial charge in [-0.05, 0) is 23.1 Å². The van der Waals surface area contributed by atoms with Crippen molar-refractivity contribution in [2.24, 2.45) is 0 Å². The Morgan fingerprint density at radius 3 is 2.06 bits per heavy atom. The highest BCUT2D eigenvalue weighted by Crippen LogP contribution is 2.23. The molecule has 0 atom stereocenters. The number of amides is 1. The third kappa shape index (κ3) is 3.57. The Hall–Kier alpha value is -1.36. The van der Waals surface area contributed by atoms with E-state index in [0.29, 0.717) is 0 Å². The Morgan fingerprint density at radius 1 is 1.17 bits per heavy atom. The largest absolute Gasteiger partial charge is 0.274 e. The van der Waals surface area contributed by atoms with Crippen LogP contribution in [0.2, 0.25) is 0 Å². The lowest BCUT2D eigenvalue weighted by molar-refractivity contribution is -0.119. The molecule has 0 aliphatic rings. The average molecular weight is 269 g/mol. The fourth-order valence-corrected chi connectivity index (χ4v) is 2.47. The molecule has 1 N–H and O–H groups in total. The lowest BCUT2D eigenvalue weighted by Crippen LogP contribution is -2.29. The van der Waals surface area contributed by atoms with Crippen LogP contribution in [0.5, 0.6) is 0 Å². The zero-order valence-electron chi connectivity index (χ0n) is 11.1. The first-order valence-electron chi connectivity index (χ1n) is 5.83. The minimum absolute atomic E-state index is 0.0328. The Balaban J connectivity index is 3.02. The van der Waals surface area contributed by atoms with Crippen molar-refractivity contribution in [3.8, 4) is 0 Å². The molecule has 100 valence electrons. The summed E-state index contributed by atoms with van der Waals surface area (Å²) in [4.78, 5) is 11.2. The van der Waals surface area contributed by atoms with Crippen LogP contribution in [0, 0.1) is 0 Å². The monoisotopic (exact) mass is 269 g/mol. The van der Waals surface area contributed by atoms with Crippen molar-refractivity contribution in [2.75, 3.05) is 0 Å². The molecule has 18 heavy (non-hydrogen) atoms. The van der Waals surface area contributed by atoms with E-state index in [1.54, 1.807) is 19.1 Å². The minimum Gasteiger partial charge on any atom is -0.274 e. The number of sulfonamides is 1. The Morgan fingerprint density at radius 2 is 1.67 bits per heavy atom. The predicted molar refractivity (Wildman–Crippen MR) is 70.8 cm³/mol. The average Bonchev–Trinajstić information content (AvgIpc) is 2.27. The lowest BCUT2D eigenvalue weighted by Gasteiger charge is -2.19. The lowest BCUT2D eigenvalue weighted by atomic mass is 9.87. The third-order valence-electron chi connectivity index (χ3n) is 2.60. The van der Waals surface area contributed by atoms with E-state index in [2.05, 4.69) is 20.8 Å². The molecule has 0 aromatic heterocycles. The van der Waals surface area contributed by atoms with Crippen LogP contribution in [0.1, 0.15) is 39.7 Å². The maximum absolute atomic E-state index is 11.8. The van der Waals surface area contributed by atoms with Crippen LogP contribution in [0.3, 0.4) is 0 Å². The van der Waals surface area contributed by atoms with E-state index in [1.807, 2.05) is 4.72 Å². The number of hydrogen-bond donors (Lipinski definition) is 1. The van der Waals surface area contributed by atoms with E-state index < -0.39 is 15.9 Å². The van der Waals surface area contributed by atoms with Crippen molar-refractivity contribution in [1.29, 1.82) is 0 Å². The van der Waals surface area contributed by atoms with Crippen molar-refractivity contribution >= 4 is 15.9 Å². The van der Waals surface area contributed by atoms with Crippen LogP contribution in [-0.2, 0) is 20.2 Å². The van der Waals surface area contributed by atoms with Gasteiger partial charge in [0.25, 0.3) is 10.0 Å². The van der Waals surface area contributed by atoms with Gasteiger partial charge in [-0.3, -0.25) is 4.79 Å². The Kier molecular flexibility index (Phi) is 4.16. The summed E-state index contributed by atoms with van der Waals surface area (Å²) in [6, 6.07) is 6.58. The Labute approximate surface area is 108 Å². The van der Waals surface area contributed by atoms with E-state index in [4.69, 9.17) is 0 Å². The molecule has 0 spiro atoms. The molecule has 1 rings (SSSR count). The molecular formula is C13H19NO3S. The summed E-state index contributed by atoms with van der Waals surface area (Å²) in [6.07, 6.45) is 0.138. The zero-order valence-corrected chi connectivity index (χ0v) is 12.0. The molecule has 1 aromatic carbocycles. The van der Waals surface area contributed by atoms with Crippen LogP contribution in [0.4, 0.5) is 0 Å². The van der Waals surface area contributed by atoms with E-state index in [9.17, 15) is 13.2 Å². The summed E-state index contributed by atoms with van der Waals surface area (Å²) in [5.41, 5.74) is 1.01. The van der Waals surface area contributed by atoms with Gasteiger partial charge in [-0.2, -0.15) is 0 Å². The molecule has 0 fully saturated rings. The quantitative estimate of drug-likeness (QED) is 0.915. The second-order valence-corrected chi connectivity index (χ2v) is 6.84. The van der Waals surface area contributed by atoms with Gasteiger partial charge in [0.1, 0.15) is 0 Å². The third-order valence-corrected chi connectivity index (χ3v) is 3.99. The van der Waals surface area contributed by atoms with Crippen molar-refractivity contribution in [3.63, 3.8) is 0 Å². The maximum atomic E-state index is 11.8. The molecule has 1 amide bonds. The van der Waals surface area contributed by atoms with Crippen LogP contribution < -0.4 is 4.72 Å². The summed E-state index contributed by atoms with van der Waals surface area (Å²) in [6.45, 7) is 7.76. The van der Waals surface area contributed by atoms with E-state index in [1.165, 1.54) is 12.1 Å². The summed E-state index contributed by atoms with van der Waals surface area (Å²) >= 11 is 0. The van der Waals surface area contributed by atoms with Gasteiger partial charge < -0.3 is 0 Å². The van der Waals surface area contributed by atoms with Gasteiger partial charge in [0.05, 0.1) is 4.90 Å². The summed E-state index contributed by atoms with van der Waals surface area (Å²) in [7, 11) is -3.73. The zero-order chi connectivity index (χ0) is 14.0. The molecule has 1 aromatic rings. The number of nitrogens with one attached hydrogen (secondary N) is 1. The van der Waals surface area contributed by atoms with Gasteiger partial charge in [-0.15, -0.1) is 0 Å². The summed E-state index contributed by atoms with van der Waals surface area (Å²) < 4.78 is 25.7. The molecule has 5 heteroatoms.